The van der Waals surface area contributed by atoms with E-state index in [4.69, 9.17) is 16.3 Å². The SMILES string of the molecule is Cc1cccc(C)c1NC(=O)CN(C)C(=O)COC(=O)Cc1ccc(Cl)cc1. The molecule has 0 atom stereocenters. The fraction of sp³-hybridized carbons (Fsp3) is 0.286. The summed E-state index contributed by atoms with van der Waals surface area (Å²) in [6.45, 7) is 3.25. The number of esters is 1. The fourth-order valence-electron chi connectivity index (χ4n) is 2.57. The van der Waals surface area contributed by atoms with Crippen LogP contribution in [0.4, 0.5) is 5.69 Å². The van der Waals surface area contributed by atoms with Crippen molar-refractivity contribution in [1.82, 2.24) is 4.90 Å². The molecule has 2 aromatic rings. The van der Waals surface area contributed by atoms with Crippen molar-refractivity contribution in [3.8, 4) is 0 Å². The number of carbonyl (C=O) groups is 3. The number of halogens is 1. The van der Waals surface area contributed by atoms with E-state index in [1.165, 1.54) is 11.9 Å². The van der Waals surface area contributed by atoms with E-state index >= 15 is 0 Å². The van der Waals surface area contributed by atoms with E-state index in [0.29, 0.717) is 5.02 Å². The predicted molar refractivity (Wildman–Crippen MR) is 108 cm³/mol. The Morgan fingerprint density at radius 2 is 1.64 bits per heavy atom. The number of rotatable bonds is 7. The summed E-state index contributed by atoms with van der Waals surface area (Å²) in [5.74, 6) is -1.30. The summed E-state index contributed by atoms with van der Waals surface area (Å²) >= 11 is 5.80. The molecule has 2 rings (SSSR count). The Balaban J connectivity index is 1.79. The predicted octanol–water partition coefficient (Wildman–Crippen LogP) is 3.14. The van der Waals surface area contributed by atoms with Crippen LogP contribution in [0.1, 0.15) is 16.7 Å². The Bertz CT molecular complexity index is 845. The van der Waals surface area contributed by atoms with Crippen LogP contribution in [0.15, 0.2) is 42.5 Å². The van der Waals surface area contributed by atoms with Crippen LogP contribution < -0.4 is 5.32 Å². The van der Waals surface area contributed by atoms with Gasteiger partial charge in [-0.2, -0.15) is 0 Å². The number of para-hydroxylation sites is 1. The summed E-state index contributed by atoms with van der Waals surface area (Å²) in [4.78, 5) is 37.4. The van der Waals surface area contributed by atoms with Crippen LogP contribution in [0.5, 0.6) is 0 Å². The summed E-state index contributed by atoms with van der Waals surface area (Å²) < 4.78 is 5.00. The van der Waals surface area contributed by atoms with E-state index in [1.807, 2.05) is 32.0 Å². The second kappa shape index (κ2) is 9.90. The van der Waals surface area contributed by atoms with Crippen molar-refractivity contribution in [2.24, 2.45) is 0 Å². The number of nitrogens with one attached hydrogen (secondary N) is 1. The lowest BCUT2D eigenvalue weighted by molar-refractivity contribution is -0.151. The van der Waals surface area contributed by atoms with Crippen molar-refractivity contribution in [3.05, 3.63) is 64.2 Å². The largest absolute Gasteiger partial charge is 0.455 e. The Hall–Kier alpha value is -2.86. The van der Waals surface area contributed by atoms with Crippen LogP contribution in [0, 0.1) is 13.8 Å². The summed E-state index contributed by atoms with van der Waals surface area (Å²) in [7, 11) is 1.49. The number of nitrogens with zero attached hydrogens (tertiary/aromatic N) is 1. The maximum atomic E-state index is 12.2. The molecule has 2 amide bonds. The highest BCUT2D eigenvalue weighted by molar-refractivity contribution is 6.30. The molecule has 0 saturated carbocycles. The average Bonchev–Trinajstić information content (AvgIpc) is 2.64. The van der Waals surface area contributed by atoms with Gasteiger partial charge >= 0.3 is 5.97 Å². The molecule has 28 heavy (non-hydrogen) atoms. The Kier molecular flexibility index (Phi) is 7.58. The van der Waals surface area contributed by atoms with Gasteiger partial charge in [-0.15, -0.1) is 0 Å². The molecule has 0 unspecified atom stereocenters. The average molecular weight is 403 g/mol. The molecule has 0 spiro atoms. The van der Waals surface area contributed by atoms with Gasteiger partial charge in [0.2, 0.25) is 5.91 Å². The number of hydrogen-bond acceptors (Lipinski definition) is 4. The molecule has 6 nitrogen and oxygen atoms in total. The van der Waals surface area contributed by atoms with Crippen LogP contribution >= 0.6 is 11.6 Å². The molecule has 0 radical (unpaired) electrons. The molecular formula is C21H23ClN2O4. The fourth-order valence-corrected chi connectivity index (χ4v) is 2.69. The first-order valence-electron chi connectivity index (χ1n) is 8.76. The van der Waals surface area contributed by atoms with Crippen molar-refractivity contribution in [2.45, 2.75) is 20.3 Å². The maximum absolute atomic E-state index is 12.2. The second-order valence-corrected chi connectivity index (χ2v) is 6.97. The first-order valence-corrected chi connectivity index (χ1v) is 9.14. The van der Waals surface area contributed by atoms with Gasteiger partial charge in [0.1, 0.15) is 0 Å². The lowest BCUT2D eigenvalue weighted by atomic mass is 10.1. The number of ether oxygens (including phenoxy) is 1. The first kappa shape index (κ1) is 21.4. The van der Waals surface area contributed by atoms with Crippen molar-refractivity contribution in [1.29, 1.82) is 0 Å². The molecule has 0 fully saturated rings. The molecule has 7 heteroatoms. The molecule has 0 bridgehead atoms. The van der Waals surface area contributed by atoms with Crippen LogP contribution in [0.25, 0.3) is 0 Å². The molecule has 148 valence electrons. The number of aryl methyl sites for hydroxylation is 2. The van der Waals surface area contributed by atoms with Gasteiger partial charge in [-0.3, -0.25) is 14.4 Å². The van der Waals surface area contributed by atoms with Crippen molar-refractivity contribution in [2.75, 3.05) is 25.5 Å². The minimum absolute atomic E-state index is 0.0429. The normalized spacial score (nSPS) is 10.3. The quantitative estimate of drug-likeness (QED) is 0.722. The van der Waals surface area contributed by atoms with Crippen LogP contribution in [-0.4, -0.2) is 42.9 Å². The lowest BCUT2D eigenvalue weighted by Crippen LogP contribution is -2.37. The first-order chi connectivity index (χ1) is 13.3. The van der Waals surface area contributed by atoms with Crippen LogP contribution in [0.3, 0.4) is 0 Å². The molecule has 0 heterocycles. The number of benzene rings is 2. The zero-order valence-electron chi connectivity index (χ0n) is 16.1. The van der Waals surface area contributed by atoms with Gasteiger partial charge in [0, 0.05) is 17.8 Å². The van der Waals surface area contributed by atoms with Crippen molar-refractivity contribution in [3.63, 3.8) is 0 Å². The third kappa shape index (κ3) is 6.39. The molecular weight excluding hydrogens is 380 g/mol. The summed E-state index contributed by atoms with van der Waals surface area (Å²) in [5.41, 5.74) is 3.36. The maximum Gasteiger partial charge on any atom is 0.310 e. The van der Waals surface area contributed by atoms with Gasteiger partial charge in [-0.1, -0.05) is 41.9 Å². The minimum Gasteiger partial charge on any atom is -0.455 e. The monoisotopic (exact) mass is 402 g/mol. The molecule has 0 aliphatic carbocycles. The Morgan fingerprint density at radius 1 is 1.04 bits per heavy atom. The Labute approximate surface area is 169 Å². The molecule has 1 N–H and O–H groups in total. The number of likely N-dealkylation sites (N-methyl/N-ethyl adjacent to an activating group) is 1. The lowest BCUT2D eigenvalue weighted by Gasteiger charge is -2.18. The van der Waals surface area contributed by atoms with E-state index in [0.717, 1.165) is 22.4 Å². The summed E-state index contributed by atoms with van der Waals surface area (Å²) in [6, 6.07) is 12.5. The van der Waals surface area contributed by atoms with E-state index in [-0.39, 0.29) is 18.9 Å². The van der Waals surface area contributed by atoms with Crippen molar-refractivity contribution >= 4 is 35.1 Å². The van der Waals surface area contributed by atoms with Crippen LogP contribution in [0.2, 0.25) is 5.02 Å². The third-order valence-electron chi connectivity index (χ3n) is 4.17. The van der Waals surface area contributed by atoms with Gasteiger partial charge in [-0.05, 0) is 42.7 Å². The minimum atomic E-state index is -0.524. The van der Waals surface area contributed by atoms with Gasteiger partial charge in [0.15, 0.2) is 6.61 Å². The van der Waals surface area contributed by atoms with E-state index in [1.54, 1.807) is 24.3 Å². The smallest absolute Gasteiger partial charge is 0.310 e. The summed E-state index contributed by atoms with van der Waals surface area (Å²) in [6.07, 6.45) is 0.0429. The van der Waals surface area contributed by atoms with Crippen molar-refractivity contribution < 1.29 is 19.1 Å². The highest BCUT2D eigenvalue weighted by atomic mass is 35.5. The Morgan fingerprint density at radius 3 is 2.25 bits per heavy atom. The number of anilines is 1. The van der Waals surface area contributed by atoms with Gasteiger partial charge in [0.25, 0.3) is 5.91 Å². The molecule has 0 saturated heterocycles. The zero-order chi connectivity index (χ0) is 20.7. The van der Waals surface area contributed by atoms with Gasteiger partial charge < -0.3 is 15.0 Å². The highest BCUT2D eigenvalue weighted by Gasteiger charge is 2.16. The number of amides is 2. The van der Waals surface area contributed by atoms with E-state index < -0.39 is 18.5 Å². The molecule has 0 aliphatic heterocycles. The number of hydrogen-bond donors (Lipinski definition) is 1. The molecule has 0 aliphatic rings. The molecule has 2 aromatic carbocycles. The summed E-state index contributed by atoms with van der Waals surface area (Å²) in [5, 5.41) is 3.39. The van der Waals surface area contributed by atoms with Gasteiger partial charge in [-0.25, -0.2) is 0 Å². The molecule has 0 aromatic heterocycles. The zero-order valence-corrected chi connectivity index (χ0v) is 16.9. The number of carbonyl (C=O) groups excluding carboxylic acids is 3. The van der Waals surface area contributed by atoms with Gasteiger partial charge in [0.05, 0.1) is 13.0 Å². The van der Waals surface area contributed by atoms with E-state index in [2.05, 4.69) is 5.32 Å². The van der Waals surface area contributed by atoms with E-state index in [9.17, 15) is 14.4 Å². The van der Waals surface area contributed by atoms with Crippen LogP contribution in [-0.2, 0) is 25.5 Å². The topological polar surface area (TPSA) is 75.7 Å². The highest BCUT2D eigenvalue weighted by Crippen LogP contribution is 2.19. The second-order valence-electron chi connectivity index (χ2n) is 6.53. The standard InChI is InChI=1S/C21H23ClN2O4/c1-14-5-4-6-15(2)21(14)23-18(25)12-24(3)19(26)13-28-20(27)11-16-7-9-17(22)10-8-16/h4-10H,11-13H2,1-3H3,(H,23,25). The third-order valence-corrected chi connectivity index (χ3v) is 4.42.